The lowest BCUT2D eigenvalue weighted by Crippen LogP contribution is -2.38. The summed E-state index contributed by atoms with van der Waals surface area (Å²) in [6.07, 6.45) is 0.477. The molecule has 0 aliphatic carbocycles. The molecule has 0 radical (unpaired) electrons. The first-order valence-corrected chi connectivity index (χ1v) is 9.12. The van der Waals surface area contributed by atoms with Gasteiger partial charge in [-0.3, -0.25) is 4.99 Å². The third-order valence-electron chi connectivity index (χ3n) is 4.07. The molecule has 0 spiro atoms. The van der Waals surface area contributed by atoms with Crippen LogP contribution in [-0.2, 0) is 17.7 Å². The number of nitrogens with one attached hydrogen (secondary N) is 2. The second-order valence-electron chi connectivity index (χ2n) is 6.33. The van der Waals surface area contributed by atoms with Crippen molar-refractivity contribution in [2.24, 2.45) is 4.99 Å². The number of hydrogen-bond donors (Lipinski definition) is 2. The highest BCUT2D eigenvalue weighted by Gasteiger charge is 2.07. The van der Waals surface area contributed by atoms with E-state index < -0.39 is 11.6 Å². The van der Waals surface area contributed by atoms with E-state index in [1.165, 1.54) is 12.1 Å². The summed E-state index contributed by atoms with van der Waals surface area (Å²) < 4.78 is 37.3. The van der Waals surface area contributed by atoms with E-state index in [0.29, 0.717) is 44.2 Å². The van der Waals surface area contributed by atoms with Gasteiger partial charge in [-0.2, -0.15) is 0 Å². The van der Waals surface area contributed by atoms with E-state index in [0.717, 1.165) is 22.9 Å². The lowest BCUT2D eigenvalue weighted by Gasteiger charge is -2.15. The van der Waals surface area contributed by atoms with Gasteiger partial charge in [0.25, 0.3) is 0 Å². The first kappa shape index (κ1) is 25.1. The number of nitrogens with zero attached hydrogens (tertiary/aromatic N) is 1. The molecule has 160 valence electrons. The quantitative estimate of drug-likeness (QED) is 0.229. The summed E-state index contributed by atoms with van der Waals surface area (Å²) in [5, 5.41) is 6.37. The normalized spacial score (nSPS) is 11.0. The van der Waals surface area contributed by atoms with Gasteiger partial charge in [0.2, 0.25) is 0 Å². The maximum absolute atomic E-state index is 13.2. The van der Waals surface area contributed by atoms with Crippen LogP contribution in [0.1, 0.15) is 16.7 Å². The van der Waals surface area contributed by atoms with Crippen molar-refractivity contribution in [2.75, 3.05) is 33.9 Å². The van der Waals surface area contributed by atoms with Gasteiger partial charge in [0.15, 0.2) is 5.96 Å². The van der Waals surface area contributed by atoms with E-state index in [-0.39, 0.29) is 24.0 Å². The Morgan fingerprint density at radius 1 is 1.03 bits per heavy atom. The van der Waals surface area contributed by atoms with Crippen molar-refractivity contribution >= 4 is 29.9 Å². The minimum atomic E-state index is -0.571. The topological polar surface area (TPSA) is 54.9 Å². The largest absolute Gasteiger partial charge is 0.491 e. The van der Waals surface area contributed by atoms with E-state index in [1.54, 1.807) is 14.2 Å². The Morgan fingerprint density at radius 2 is 1.76 bits per heavy atom. The second-order valence-corrected chi connectivity index (χ2v) is 6.33. The summed E-state index contributed by atoms with van der Waals surface area (Å²) in [5.41, 5.74) is 2.70. The van der Waals surface area contributed by atoms with Crippen LogP contribution in [0, 0.1) is 18.6 Å². The summed E-state index contributed by atoms with van der Waals surface area (Å²) in [6, 6.07) is 9.54. The molecule has 2 rings (SSSR count). The Kier molecular flexibility index (Phi) is 11.5. The third kappa shape index (κ3) is 8.95. The van der Waals surface area contributed by atoms with Crippen molar-refractivity contribution in [1.82, 2.24) is 10.6 Å². The average molecular weight is 519 g/mol. The summed E-state index contributed by atoms with van der Waals surface area (Å²) in [6.45, 7) is 4.02. The van der Waals surface area contributed by atoms with Crippen LogP contribution in [0.5, 0.6) is 5.75 Å². The molecule has 2 aromatic rings. The van der Waals surface area contributed by atoms with E-state index in [1.807, 2.05) is 25.1 Å². The lowest BCUT2D eigenvalue weighted by atomic mass is 10.1. The van der Waals surface area contributed by atoms with Crippen molar-refractivity contribution in [3.8, 4) is 5.75 Å². The summed E-state index contributed by atoms with van der Waals surface area (Å²) in [4.78, 5) is 4.18. The number of aryl methyl sites for hydroxylation is 1. The number of hydrogen-bond acceptors (Lipinski definition) is 3. The molecule has 0 aliphatic heterocycles. The molecule has 8 heteroatoms. The van der Waals surface area contributed by atoms with Gasteiger partial charge < -0.3 is 20.1 Å². The molecule has 0 atom stereocenters. The van der Waals surface area contributed by atoms with E-state index in [2.05, 4.69) is 15.6 Å². The first-order chi connectivity index (χ1) is 13.5. The molecule has 0 unspecified atom stereocenters. The molecule has 0 heterocycles. The predicted octanol–water partition coefficient (Wildman–Crippen LogP) is 3.82. The zero-order chi connectivity index (χ0) is 20.4. The fraction of sp³-hybridized carbons (Fsp3) is 0.381. The number of aliphatic imine (C=N–C) groups is 1. The van der Waals surface area contributed by atoms with Crippen LogP contribution in [0.4, 0.5) is 8.78 Å². The zero-order valence-electron chi connectivity index (χ0n) is 16.9. The highest BCUT2D eigenvalue weighted by Crippen LogP contribution is 2.20. The van der Waals surface area contributed by atoms with E-state index in [4.69, 9.17) is 9.47 Å². The Bertz CT molecular complexity index is 783. The second kappa shape index (κ2) is 13.3. The molecule has 0 aromatic heterocycles. The minimum absolute atomic E-state index is 0. The van der Waals surface area contributed by atoms with Crippen LogP contribution < -0.4 is 15.4 Å². The number of halogens is 3. The molecule has 29 heavy (non-hydrogen) atoms. The Balaban J connectivity index is 0.00000420. The average Bonchev–Trinajstić information content (AvgIpc) is 2.65. The molecule has 2 aromatic carbocycles. The van der Waals surface area contributed by atoms with Gasteiger partial charge in [0, 0.05) is 38.9 Å². The number of guanidine groups is 1. The smallest absolute Gasteiger partial charge is 0.191 e. The van der Waals surface area contributed by atoms with Crippen LogP contribution in [-0.4, -0.2) is 39.9 Å². The maximum Gasteiger partial charge on any atom is 0.191 e. The molecule has 0 saturated carbocycles. The SMILES string of the molecule is CN=C(NCCc1cc(F)cc(F)c1)NCc1ccc(C)cc1OCCOC.I. The standard InChI is InChI=1S/C21H27F2N3O2.HI/c1-15-4-5-17(20(10-15)28-9-8-27-3)14-26-21(24-2)25-7-6-16-11-18(22)13-19(23)12-16;/h4-5,10-13H,6-9,14H2,1-3H3,(H2,24,25,26);1H. The van der Waals surface area contributed by atoms with Gasteiger partial charge in [-0.15, -0.1) is 24.0 Å². The molecule has 0 amide bonds. The van der Waals surface area contributed by atoms with Crippen molar-refractivity contribution in [1.29, 1.82) is 0 Å². The Labute approximate surface area is 187 Å². The van der Waals surface area contributed by atoms with Crippen LogP contribution in [0.25, 0.3) is 0 Å². The van der Waals surface area contributed by atoms with Gasteiger partial charge in [-0.05, 0) is 42.7 Å². The van der Waals surface area contributed by atoms with Crippen molar-refractivity contribution < 1.29 is 18.3 Å². The summed E-state index contributed by atoms with van der Waals surface area (Å²) >= 11 is 0. The molecule has 2 N–H and O–H groups in total. The Morgan fingerprint density at radius 3 is 2.41 bits per heavy atom. The maximum atomic E-state index is 13.2. The molecule has 5 nitrogen and oxygen atoms in total. The number of rotatable bonds is 9. The fourth-order valence-electron chi connectivity index (χ4n) is 2.66. The number of methoxy groups -OCH3 is 1. The highest BCUT2D eigenvalue weighted by atomic mass is 127. The monoisotopic (exact) mass is 519 g/mol. The van der Waals surface area contributed by atoms with Crippen LogP contribution in [0.2, 0.25) is 0 Å². The zero-order valence-corrected chi connectivity index (χ0v) is 19.3. The van der Waals surface area contributed by atoms with Gasteiger partial charge in [-0.25, -0.2) is 8.78 Å². The molecular weight excluding hydrogens is 491 g/mol. The van der Waals surface area contributed by atoms with Crippen molar-refractivity contribution in [3.63, 3.8) is 0 Å². The van der Waals surface area contributed by atoms with Crippen molar-refractivity contribution in [3.05, 3.63) is 64.7 Å². The number of ether oxygens (including phenoxy) is 2. The molecule has 0 fully saturated rings. The molecule has 0 saturated heterocycles. The minimum Gasteiger partial charge on any atom is -0.491 e. The molecule has 0 aliphatic rings. The van der Waals surface area contributed by atoms with Gasteiger partial charge in [-0.1, -0.05) is 12.1 Å². The van der Waals surface area contributed by atoms with Gasteiger partial charge in [0.05, 0.1) is 6.61 Å². The first-order valence-electron chi connectivity index (χ1n) is 9.12. The lowest BCUT2D eigenvalue weighted by molar-refractivity contribution is 0.145. The van der Waals surface area contributed by atoms with E-state index in [9.17, 15) is 8.78 Å². The highest BCUT2D eigenvalue weighted by molar-refractivity contribution is 14.0. The predicted molar refractivity (Wildman–Crippen MR) is 122 cm³/mol. The van der Waals surface area contributed by atoms with E-state index >= 15 is 0 Å². The molecular formula is C21H28F2IN3O2. The summed E-state index contributed by atoms with van der Waals surface area (Å²) in [5.74, 6) is 0.256. The van der Waals surface area contributed by atoms with Crippen molar-refractivity contribution in [2.45, 2.75) is 19.9 Å². The van der Waals surface area contributed by atoms with Crippen LogP contribution in [0.15, 0.2) is 41.4 Å². The van der Waals surface area contributed by atoms with Gasteiger partial charge in [0.1, 0.15) is 24.0 Å². The van der Waals surface area contributed by atoms with Crippen LogP contribution in [0.3, 0.4) is 0 Å². The number of benzene rings is 2. The fourth-order valence-corrected chi connectivity index (χ4v) is 2.66. The van der Waals surface area contributed by atoms with Gasteiger partial charge >= 0.3 is 0 Å². The summed E-state index contributed by atoms with van der Waals surface area (Å²) in [7, 11) is 3.30. The molecule has 0 bridgehead atoms. The Hall–Kier alpha value is -1.94. The third-order valence-corrected chi connectivity index (χ3v) is 4.07. The van der Waals surface area contributed by atoms with Crippen LogP contribution >= 0.6 is 24.0 Å².